The molecule has 3 aliphatic rings. The van der Waals surface area contributed by atoms with Crippen LogP contribution in [0.4, 0.5) is 0 Å². The van der Waals surface area contributed by atoms with E-state index < -0.39 is 5.41 Å². The molecule has 0 spiro atoms. The van der Waals surface area contributed by atoms with Crippen molar-refractivity contribution in [2.45, 2.75) is 39.0 Å². The Balaban J connectivity index is 1.48. The number of hydrogen-bond donors (Lipinski definition) is 0. The topological polar surface area (TPSA) is 78.7 Å². The molecule has 0 unspecified atom stereocenters. The van der Waals surface area contributed by atoms with Crippen molar-refractivity contribution in [3.63, 3.8) is 0 Å². The molecule has 29 heavy (non-hydrogen) atoms. The third-order valence-electron chi connectivity index (χ3n) is 5.99. The summed E-state index contributed by atoms with van der Waals surface area (Å²) in [6.45, 7) is 10.7. The Kier molecular flexibility index (Phi) is 8.03. The standard InChI is InChI=1S/C21H35N3O5/c1-2-21(15-18(25)3-6-22-9-10-22,16-28-19(26)4-7-23-11-12-23)17-29-20(27)5-8-24-13-14-24/h2-17H2,1H3. The molecule has 0 radical (unpaired) electrons. The van der Waals surface area contributed by atoms with E-state index in [1.54, 1.807) is 0 Å². The Bertz CT molecular complexity index is 553. The molecule has 3 fully saturated rings. The highest BCUT2D eigenvalue weighted by atomic mass is 16.5. The van der Waals surface area contributed by atoms with Crippen LogP contribution in [0, 0.1) is 5.41 Å². The first-order chi connectivity index (χ1) is 14.0. The number of nitrogens with zero attached hydrogens (tertiary/aromatic N) is 3. The second-order valence-electron chi connectivity index (χ2n) is 8.67. The summed E-state index contributed by atoms with van der Waals surface area (Å²) in [6, 6.07) is 0. The molecule has 0 atom stereocenters. The lowest BCUT2D eigenvalue weighted by molar-refractivity contribution is -0.156. The number of Topliss-reactive ketones (excluding diaryl/α,β-unsaturated/α-hetero) is 1. The van der Waals surface area contributed by atoms with Gasteiger partial charge in [-0.1, -0.05) is 6.92 Å². The van der Waals surface area contributed by atoms with Gasteiger partial charge in [-0.05, 0) is 6.42 Å². The van der Waals surface area contributed by atoms with E-state index in [0.29, 0.717) is 25.7 Å². The van der Waals surface area contributed by atoms with Crippen LogP contribution in [-0.4, -0.2) is 105 Å². The average molecular weight is 410 g/mol. The molecule has 0 bridgehead atoms. The SMILES string of the molecule is CCC(COC(=O)CCN1CC1)(COC(=O)CCN1CC1)CC(=O)CCN1CC1. The minimum atomic E-state index is -0.638. The van der Waals surface area contributed by atoms with Crippen LogP contribution in [0.2, 0.25) is 0 Å². The van der Waals surface area contributed by atoms with Gasteiger partial charge in [0.2, 0.25) is 0 Å². The van der Waals surface area contributed by atoms with E-state index in [4.69, 9.17) is 9.47 Å². The summed E-state index contributed by atoms with van der Waals surface area (Å²) in [5.74, 6) is -0.364. The van der Waals surface area contributed by atoms with Crippen molar-refractivity contribution < 1.29 is 23.9 Å². The Morgan fingerprint density at radius 2 is 1.14 bits per heavy atom. The third kappa shape index (κ3) is 8.80. The van der Waals surface area contributed by atoms with Gasteiger partial charge in [0.1, 0.15) is 19.0 Å². The van der Waals surface area contributed by atoms with Gasteiger partial charge in [-0.15, -0.1) is 0 Å². The lowest BCUT2D eigenvalue weighted by Gasteiger charge is -2.31. The van der Waals surface area contributed by atoms with Crippen molar-refractivity contribution in [1.82, 2.24) is 14.7 Å². The zero-order chi connectivity index (χ0) is 20.7. The van der Waals surface area contributed by atoms with E-state index in [2.05, 4.69) is 14.7 Å². The van der Waals surface area contributed by atoms with Crippen LogP contribution in [0.3, 0.4) is 0 Å². The van der Waals surface area contributed by atoms with E-state index in [9.17, 15) is 14.4 Å². The first kappa shape index (κ1) is 22.2. The van der Waals surface area contributed by atoms with Crippen molar-refractivity contribution >= 4 is 17.7 Å². The molecule has 3 saturated heterocycles. The number of ether oxygens (including phenoxy) is 2. The molecule has 0 N–H and O–H groups in total. The van der Waals surface area contributed by atoms with E-state index in [1.807, 2.05) is 6.92 Å². The van der Waals surface area contributed by atoms with Crippen LogP contribution in [0.1, 0.15) is 39.0 Å². The third-order valence-corrected chi connectivity index (χ3v) is 5.99. The minimum Gasteiger partial charge on any atom is -0.465 e. The van der Waals surface area contributed by atoms with Crippen LogP contribution in [0.25, 0.3) is 0 Å². The lowest BCUT2D eigenvalue weighted by atomic mass is 9.81. The molecular formula is C21H35N3O5. The van der Waals surface area contributed by atoms with Crippen molar-refractivity contribution in [1.29, 1.82) is 0 Å². The van der Waals surface area contributed by atoms with Crippen LogP contribution < -0.4 is 0 Å². The molecule has 0 aliphatic carbocycles. The summed E-state index contributed by atoms with van der Waals surface area (Å²) in [5.41, 5.74) is -0.638. The number of rotatable bonds is 16. The fourth-order valence-electron chi connectivity index (χ4n) is 3.26. The molecule has 8 nitrogen and oxygen atoms in total. The van der Waals surface area contributed by atoms with Crippen LogP contribution in [0.5, 0.6) is 0 Å². The van der Waals surface area contributed by atoms with Crippen molar-refractivity contribution in [3.8, 4) is 0 Å². The van der Waals surface area contributed by atoms with Crippen LogP contribution in [0.15, 0.2) is 0 Å². The van der Waals surface area contributed by atoms with Gasteiger partial charge in [-0.3, -0.25) is 14.4 Å². The minimum absolute atomic E-state index is 0.122. The van der Waals surface area contributed by atoms with Gasteiger partial charge < -0.3 is 24.2 Å². The maximum atomic E-state index is 12.6. The largest absolute Gasteiger partial charge is 0.465 e. The quantitative estimate of drug-likeness (QED) is 0.270. The molecule has 0 aromatic carbocycles. The van der Waals surface area contributed by atoms with Crippen molar-refractivity contribution in [2.24, 2.45) is 5.41 Å². The Morgan fingerprint density at radius 3 is 1.52 bits per heavy atom. The monoisotopic (exact) mass is 409 g/mol. The summed E-state index contributed by atoms with van der Waals surface area (Å²) in [7, 11) is 0. The second-order valence-corrected chi connectivity index (χ2v) is 8.67. The lowest BCUT2D eigenvalue weighted by Crippen LogP contribution is -2.37. The summed E-state index contributed by atoms with van der Waals surface area (Å²) >= 11 is 0. The Morgan fingerprint density at radius 1 is 0.724 bits per heavy atom. The molecule has 8 heteroatoms. The van der Waals surface area contributed by atoms with Gasteiger partial charge in [-0.2, -0.15) is 0 Å². The zero-order valence-electron chi connectivity index (χ0n) is 17.7. The second kappa shape index (κ2) is 10.5. The first-order valence-corrected chi connectivity index (χ1v) is 11.0. The zero-order valence-corrected chi connectivity index (χ0v) is 17.7. The molecular weight excluding hydrogens is 374 g/mol. The molecule has 3 aliphatic heterocycles. The maximum Gasteiger partial charge on any atom is 0.307 e. The number of ketones is 1. The van der Waals surface area contributed by atoms with Crippen LogP contribution in [-0.2, 0) is 23.9 Å². The molecule has 0 aromatic heterocycles. The predicted octanol–water partition coefficient (Wildman–Crippen LogP) is 0.546. The Labute approximate surface area is 173 Å². The van der Waals surface area contributed by atoms with Gasteiger partial charge in [0, 0.05) is 77.2 Å². The summed E-state index contributed by atoms with van der Waals surface area (Å²) in [6.07, 6.45) is 2.10. The molecule has 0 saturated carbocycles. The fourth-order valence-corrected chi connectivity index (χ4v) is 3.26. The van der Waals surface area contributed by atoms with Crippen molar-refractivity contribution in [2.75, 3.05) is 72.1 Å². The average Bonchev–Trinajstić information content (AvgIpc) is 3.58. The van der Waals surface area contributed by atoms with Gasteiger partial charge in [0.05, 0.1) is 12.8 Å². The summed E-state index contributed by atoms with van der Waals surface area (Å²) in [4.78, 5) is 43.3. The van der Waals surface area contributed by atoms with Gasteiger partial charge >= 0.3 is 11.9 Å². The smallest absolute Gasteiger partial charge is 0.307 e. The molecule has 3 heterocycles. The van der Waals surface area contributed by atoms with Gasteiger partial charge in [-0.25, -0.2) is 0 Å². The molecule has 3 rings (SSSR count). The van der Waals surface area contributed by atoms with E-state index in [-0.39, 0.29) is 37.4 Å². The summed E-state index contributed by atoms with van der Waals surface area (Å²) < 4.78 is 11.1. The number of esters is 2. The normalized spacial score (nSPS) is 19.1. The molecule has 0 amide bonds. The number of hydrogen-bond acceptors (Lipinski definition) is 8. The molecule has 164 valence electrons. The van der Waals surface area contributed by atoms with Gasteiger partial charge in [0.15, 0.2) is 0 Å². The molecule has 0 aromatic rings. The van der Waals surface area contributed by atoms with E-state index in [1.165, 1.54) is 0 Å². The fraction of sp³-hybridized carbons (Fsp3) is 0.857. The highest BCUT2D eigenvalue weighted by molar-refractivity contribution is 5.79. The van der Waals surface area contributed by atoms with Crippen LogP contribution >= 0.6 is 0 Å². The van der Waals surface area contributed by atoms with E-state index >= 15 is 0 Å². The number of carbonyl (C=O) groups excluding carboxylic acids is 3. The van der Waals surface area contributed by atoms with Gasteiger partial charge in [0.25, 0.3) is 0 Å². The predicted molar refractivity (Wildman–Crippen MR) is 107 cm³/mol. The van der Waals surface area contributed by atoms with Crippen molar-refractivity contribution in [3.05, 3.63) is 0 Å². The van der Waals surface area contributed by atoms with E-state index in [0.717, 1.165) is 58.9 Å². The maximum absolute atomic E-state index is 12.6. The highest BCUT2D eigenvalue weighted by Gasteiger charge is 2.35. The first-order valence-electron chi connectivity index (χ1n) is 11.0. The number of carbonyl (C=O) groups is 3. The Hall–Kier alpha value is -1.51. The highest BCUT2D eigenvalue weighted by Crippen LogP contribution is 2.29. The summed E-state index contributed by atoms with van der Waals surface area (Å²) in [5, 5.41) is 0.